The van der Waals surface area contributed by atoms with Crippen LogP contribution in [0.5, 0.6) is 0 Å². The molecule has 1 saturated heterocycles. The first-order valence-electron chi connectivity index (χ1n) is 9.82. The molecule has 1 heterocycles. The number of hydrogen-bond acceptors (Lipinski definition) is 2. The molecule has 30 heavy (non-hydrogen) atoms. The van der Waals surface area contributed by atoms with E-state index in [1.54, 1.807) is 46.2 Å². The van der Waals surface area contributed by atoms with Gasteiger partial charge in [0.25, 0.3) is 0 Å². The van der Waals surface area contributed by atoms with Crippen LogP contribution in [0.1, 0.15) is 25.0 Å². The van der Waals surface area contributed by atoms with Crippen molar-refractivity contribution in [3.05, 3.63) is 83.4 Å². The summed E-state index contributed by atoms with van der Waals surface area (Å²) in [6.45, 7) is 4.65. The maximum atomic E-state index is 13.0. The van der Waals surface area contributed by atoms with Crippen LogP contribution in [0.2, 0.25) is 0 Å². The molecule has 0 aliphatic carbocycles. The Balaban J connectivity index is 1.61. The predicted molar refractivity (Wildman–Crippen MR) is 113 cm³/mol. The summed E-state index contributed by atoms with van der Waals surface area (Å²) in [6, 6.07) is 11.5. The first kappa shape index (κ1) is 21.4. The van der Waals surface area contributed by atoms with Gasteiger partial charge in [-0.3, -0.25) is 9.59 Å². The van der Waals surface area contributed by atoms with E-state index < -0.39 is 0 Å². The van der Waals surface area contributed by atoms with Crippen LogP contribution in [0.4, 0.5) is 8.78 Å². The summed E-state index contributed by atoms with van der Waals surface area (Å²) in [5, 5.41) is 0. The number of carbonyl (C=O) groups is 2. The SMILES string of the molecule is C[C@@H]1CN(C(=O)/C=C/c2ccc(F)cc2)[C@H](C)CN1C(=O)/C=C\c1ccc(F)cc1. The Kier molecular flexibility index (Phi) is 6.77. The van der Waals surface area contributed by atoms with E-state index in [1.807, 2.05) is 13.8 Å². The van der Waals surface area contributed by atoms with Crippen molar-refractivity contribution in [2.75, 3.05) is 13.1 Å². The second-order valence-corrected chi connectivity index (χ2v) is 7.45. The highest BCUT2D eigenvalue weighted by Gasteiger charge is 2.32. The molecule has 0 spiro atoms. The first-order chi connectivity index (χ1) is 14.3. The molecule has 0 radical (unpaired) electrons. The van der Waals surface area contributed by atoms with E-state index in [0.29, 0.717) is 13.1 Å². The van der Waals surface area contributed by atoms with Gasteiger partial charge in [-0.05, 0) is 61.4 Å². The number of amides is 2. The third-order valence-corrected chi connectivity index (χ3v) is 5.13. The lowest BCUT2D eigenvalue weighted by Crippen LogP contribution is -2.59. The third kappa shape index (κ3) is 5.41. The van der Waals surface area contributed by atoms with Crippen LogP contribution >= 0.6 is 0 Å². The Hall–Kier alpha value is -3.28. The zero-order chi connectivity index (χ0) is 21.7. The topological polar surface area (TPSA) is 40.6 Å². The van der Waals surface area contributed by atoms with Crippen molar-refractivity contribution in [3.8, 4) is 0 Å². The summed E-state index contributed by atoms with van der Waals surface area (Å²) >= 11 is 0. The van der Waals surface area contributed by atoms with Crippen LogP contribution < -0.4 is 0 Å². The van der Waals surface area contributed by atoms with Gasteiger partial charge in [-0.15, -0.1) is 0 Å². The molecule has 0 bridgehead atoms. The van der Waals surface area contributed by atoms with Crippen molar-refractivity contribution in [2.45, 2.75) is 25.9 Å². The molecule has 4 nitrogen and oxygen atoms in total. The van der Waals surface area contributed by atoms with E-state index in [9.17, 15) is 18.4 Å². The van der Waals surface area contributed by atoms with E-state index in [0.717, 1.165) is 11.1 Å². The first-order valence-corrected chi connectivity index (χ1v) is 9.82. The van der Waals surface area contributed by atoms with Crippen molar-refractivity contribution in [2.24, 2.45) is 0 Å². The lowest BCUT2D eigenvalue weighted by molar-refractivity contribution is -0.139. The van der Waals surface area contributed by atoms with Gasteiger partial charge in [-0.1, -0.05) is 24.3 Å². The van der Waals surface area contributed by atoms with Gasteiger partial charge in [0.2, 0.25) is 11.8 Å². The quantitative estimate of drug-likeness (QED) is 0.711. The molecule has 2 aromatic rings. The highest BCUT2D eigenvalue weighted by molar-refractivity contribution is 5.94. The average molecular weight is 410 g/mol. The molecule has 6 heteroatoms. The van der Waals surface area contributed by atoms with Gasteiger partial charge in [0.05, 0.1) is 0 Å². The van der Waals surface area contributed by atoms with Gasteiger partial charge < -0.3 is 9.80 Å². The van der Waals surface area contributed by atoms with Crippen LogP contribution in [0.3, 0.4) is 0 Å². The summed E-state index contributed by atoms with van der Waals surface area (Å²) in [7, 11) is 0. The van der Waals surface area contributed by atoms with Gasteiger partial charge in [-0.25, -0.2) is 8.78 Å². The lowest BCUT2D eigenvalue weighted by atomic mass is 10.1. The zero-order valence-corrected chi connectivity index (χ0v) is 17.0. The molecule has 3 rings (SSSR count). The number of piperazine rings is 1. The largest absolute Gasteiger partial charge is 0.333 e. The summed E-state index contributed by atoms with van der Waals surface area (Å²) in [5.74, 6) is -0.939. The zero-order valence-electron chi connectivity index (χ0n) is 17.0. The van der Waals surface area contributed by atoms with Crippen LogP contribution in [0.25, 0.3) is 12.2 Å². The monoisotopic (exact) mass is 410 g/mol. The van der Waals surface area contributed by atoms with Gasteiger partial charge in [0, 0.05) is 37.3 Å². The highest BCUT2D eigenvalue weighted by atomic mass is 19.1. The van der Waals surface area contributed by atoms with E-state index in [-0.39, 0.29) is 35.5 Å². The van der Waals surface area contributed by atoms with E-state index >= 15 is 0 Å². The maximum absolute atomic E-state index is 13.0. The number of carbonyl (C=O) groups excluding carboxylic acids is 2. The molecule has 0 aromatic heterocycles. The molecule has 156 valence electrons. The van der Waals surface area contributed by atoms with Crippen molar-refractivity contribution in [3.63, 3.8) is 0 Å². The molecule has 0 N–H and O–H groups in total. The Morgan fingerprint density at radius 2 is 1.07 bits per heavy atom. The number of nitrogens with zero attached hydrogens (tertiary/aromatic N) is 2. The van der Waals surface area contributed by atoms with Crippen molar-refractivity contribution in [1.82, 2.24) is 9.80 Å². The fourth-order valence-corrected chi connectivity index (χ4v) is 3.41. The van der Waals surface area contributed by atoms with E-state index in [2.05, 4.69) is 0 Å². The van der Waals surface area contributed by atoms with Crippen LogP contribution in [0, 0.1) is 11.6 Å². The van der Waals surface area contributed by atoms with Gasteiger partial charge in [-0.2, -0.15) is 0 Å². The molecule has 0 unspecified atom stereocenters. The van der Waals surface area contributed by atoms with Gasteiger partial charge in [0.1, 0.15) is 11.6 Å². The fourth-order valence-electron chi connectivity index (χ4n) is 3.41. The Labute approximate surface area is 175 Å². The fraction of sp³-hybridized carbons (Fsp3) is 0.250. The smallest absolute Gasteiger partial charge is 0.246 e. The second kappa shape index (κ2) is 9.48. The number of rotatable bonds is 4. The minimum atomic E-state index is -0.324. The van der Waals surface area contributed by atoms with E-state index in [4.69, 9.17) is 0 Å². The molecule has 1 aliphatic rings. The van der Waals surface area contributed by atoms with Crippen molar-refractivity contribution in [1.29, 1.82) is 0 Å². The average Bonchev–Trinajstić information content (AvgIpc) is 2.73. The molecule has 1 fully saturated rings. The molecule has 2 amide bonds. The highest BCUT2D eigenvalue weighted by Crippen LogP contribution is 2.17. The normalized spacial score (nSPS) is 19.6. The maximum Gasteiger partial charge on any atom is 0.246 e. The number of hydrogen-bond donors (Lipinski definition) is 0. The Morgan fingerprint density at radius 3 is 1.40 bits per heavy atom. The second-order valence-electron chi connectivity index (χ2n) is 7.45. The molecule has 1 aliphatic heterocycles. The van der Waals surface area contributed by atoms with Crippen LogP contribution in [-0.2, 0) is 9.59 Å². The van der Waals surface area contributed by atoms with Crippen molar-refractivity contribution >= 4 is 24.0 Å². The van der Waals surface area contributed by atoms with E-state index in [1.165, 1.54) is 36.4 Å². The Morgan fingerprint density at radius 1 is 0.733 bits per heavy atom. The minimum absolute atomic E-state index is 0.144. The minimum Gasteiger partial charge on any atom is -0.333 e. The summed E-state index contributed by atoms with van der Waals surface area (Å²) < 4.78 is 26.0. The van der Waals surface area contributed by atoms with Gasteiger partial charge >= 0.3 is 0 Å². The summed E-state index contributed by atoms with van der Waals surface area (Å²) in [5.41, 5.74) is 1.48. The standard InChI is InChI=1S/C24H24F2N2O2/c1-17-15-28(24(30)14-8-20-5-11-22(26)12-6-20)18(2)16-27(17)23(29)13-7-19-3-9-21(25)10-4-19/h3-14,17-18H,15-16H2,1-2H3/b13-7-,14-8+/t17-,18-/m1/s1. The molecular formula is C24H24F2N2O2. The number of benzene rings is 2. The predicted octanol–water partition coefficient (Wildman–Crippen LogP) is 4.14. The molecule has 2 atom stereocenters. The lowest BCUT2D eigenvalue weighted by Gasteiger charge is -2.43. The summed E-state index contributed by atoms with van der Waals surface area (Å²) in [6.07, 6.45) is 6.26. The van der Waals surface area contributed by atoms with Crippen LogP contribution in [0.15, 0.2) is 60.7 Å². The third-order valence-electron chi connectivity index (χ3n) is 5.13. The summed E-state index contributed by atoms with van der Waals surface area (Å²) in [4.78, 5) is 28.7. The van der Waals surface area contributed by atoms with Crippen LogP contribution in [-0.4, -0.2) is 46.8 Å². The van der Waals surface area contributed by atoms with Crippen molar-refractivity contribution < 1.29 is 18.4 Å². The van der Waals surface area contributed by atoms with Gasteiger partial charge in [0.15, 0.2) is 0 Å². The number of halogens is 2. The Bertz CT molecular complexity index is 873. The molecule has 2 aromatic carbocycles. The molecular weight excluding hydrogens is 386 g/mol. The molecule has 0 saturated carbocycles.